The molecule has 1 aliphatic rings. The zero-order chi connectivity index (χ0) is 20.0. The van der Waals surface area contributed by atoms with E-state index in [2.05, 4.69) is 5.32 Å². The van der Waals surface area contributed by atoms with E-state index in [4.69, 9.17) is 22.1 Å². The van der Waals surface area contributed by atoms with Crippen LogP contribution in [0, 0.1) is 0 Å². The molecule has 2 aromatic carbocycles. The predicted molar refractivity (Wildman–Crippen MR) is 108 cm³/mol. The number of nitrogens with zero attached hydrogens (tertiary/aromatic N) is 1. The summed E-state index contributed by atoms with van der Waals surface area (Å²) >= 11 is 6.08. The molecule has 1 aliphatic heterocycles. The van der Waals surface area contributed by atoms with E-state index >= 15 is 0 Å². The highest BCUT2D eigenvalue weighted by molar-refractivity contribution is 6.31. The van der Waals surface area contributed by atoms with Gasteiger partial charge < -0.3 is 20.4 Å². The summed E-state index contributed by atoms with van der Waals surface area (Å²) in [4.78, 5) is 24.4. The van der Waals surface area contributed by atoms with Gasteiger partial charge in [0.15, 0.2) is 0 Å². The molecule has 144 valence electrons. The molecule has 0 bridgehead atoms. The Kier molecular flexibility index (Phi) is 4.51. The predicted octanol–water partition coefficient (Wildman–Crippen LogP) is 3.57. The first-order valence-electron chi connectivity index (χ1n) is 8.99. The molecule has 2 amide bonds. The van der Waals surface area contributed by atoms with Gasteiger partial charge in [-0.05, 0) is 37.3 Å². The summed E-state index contributed by atoms with van der Waals surface area (Å²) < 4.78 is 7.68. The molecule has 0 spiro atoms. The Labute approximate surface area is 167 Å². The van der Waals surface area contributed by atoms with Crippen LogP contribution in [0.1, 0.15) is 45.8 Å². The molecule has 0 saturated carbocycles. The number of halogens is 1. The van der Waals surface area contributed by atoms with Gasteiger partial charge in [0.05, 0.1) is 12.1 Å². The van der Waals surface area contributed by atoms with Gasteiger partial charge in [-0.15, -0.1) is 0 Å². The minimum absolute atomic E-state index is 0.104. The van der Waals surface area contributed by atoms with E-state index in [1.807, 2.05) is 36.7 Å². The maximum Gasteiger partial charge on any atom is 0.268 e. The van der Waals surface area contributed by atoms with Gasteiger partial charge >= 0.3 is 0 Å². The van der Waals surface area contributed by atoms with Crippen molar-refractivity contribution in [1.82, 2.24) is 9.88 Å². The summed E-state index contributed by atoms with van der Waals surface area (Å²) in [6.45, 7) is 1.93. The number of carbonyl (C=O) groups excluding carboxylic acids is 2. The van der Waals surface area contributed by atoms with Crippen LogP contribution in [-0.4, -0.2) is 22.5 Å². The van der Waals surface area contributed by atoms with E-state index in [1.54, 1.807) is 24.3 Å². The lowest BCUT2D eigenvalue weighted by atomic mass is 9.95. The molecule has 0 radical (unpaired) electrons. The van der Waals surface area contributed by atoms with E-state index in [9.17, 15) is 9.59 Å². The zero-order valence-corrected chi connectivity index (χ0v) is 16.3. The van der Waals surface area contributed by atoms with Gasteiger partial charge in [-0.1, -0.05) is 23.7 Å². The number of ether oxygens (including phenoxy) is 1. The lowest BCUT2D eigenvalue weighted by molar-refractivity contribution is 0.0896. The van der Waals surface area contributed by atoms with Crippen LogP contribution in [0.15, 0.2) is 42.5 Å². The van der Waals surface area contributed by atoms with Crippen LogP contribution in [0.25, 0.3) is 10.9 Å². The second-order valence-electron chi connectivity index (χ2n) is 7.10. The van der Waals surface area contributed by atoms with Crippen LogP contribution in [0.3, 0.4) is 0 Å². The number of hydrogen-bond donors (Lipinski definition) is 2. The monoisotopic (exact) mass is 397 g/mol. The van der Waals surface area contributed by atoms with Crippen molar-refractivity contribution in [2.45, 2.75) is 25.5 Å². The second-order valence-corrected chi connectivity index (χ2v) is 7.54. The number of fused-ring (bicyclic) bond motifs is 2. The molecule has 2 atom stereocenters. The first-order chi connectivity index (χ1) is 13.3. The largest absolute Gasteiger partial charge is 0.490 e. The fraction of sp³-hybridized carbons (Fsp3) is 0.238. The van der Waals surface area contributed by atoms with E-state index in [-0.39, 0.29) is 18.1 Å². The van der Waals surface area contributed by atoms with Crippen molar-refractivity contribution in [3.8, 4) is 5.75 Å². The fourth-order valence-electron chi connectivity index (χ4n) is 3.69. The Morgan fingerprint density at radius 1 is 1.21 bits per heavy atom. The van der Waals surface area contributed by atoms with Crippen molar-refractivity contribution in [3.63, 3.8) is 0 Å². The number of nitrogens with two attached hydrogens (primary N) is 1. The molecule has 6 nitrogen and oxygen atoms in total. The molecule has 0 saturated heterocycles. The molecule has 4 rings (SSSR count). The summed E-state index contributed by atoms with van der Waals surface area (Å²) in [6, 6.07) is 12.2. The van der Waals surface area contributed by atoms with Crippen LogP contribution < -0.4 is 15.8 Å². The van der Waals surface area contributed by atoms with Gasteiger partial charge in [0, 0.05) is 40.5 Å². The number of primary amides is 1. The van der Waals surface area contributed by atoms with Crippen molar-refractivity contribution in [3.05, 3.63) is 64.3 Å². The zero-order valence-electron chi connectivity index (χ0n) is 15.5. The second kappa shape index (κ2) is 6.87. The molecule has 0 aliphatic carbocycles. The van der Waals surface area contributed by atoms with Gasteiger partial charge in [0.25, 0.3) is 5.91 Å². The molecule has 0 fully saturated rings. The van der Waals surface area contributed by atoms with E-state index < -0.39 is 5.91 Å². The van der Waals surface area contributed by atoms with E-state index in [1.165, 1.54) is 0 Å². The van der Waals surface area contributed by atoms with Crippen LogP contribution in [0.5, 0.6) is 5.75 Å². The number of benzene rings is 2. The Hall–Kier alpha value is -2.99. The molecule has 2 heterocycles. The van der Waals surface area contributed by atoms with Crippen molar-refractivity contribution >= 4 is 34.3 Å². The minimum atomic E-state index is -0.514. The molecular formula is C21H20ClN3O3. The average Bonchev–Trinajstić information content (AvgIpc) is 2.97. The molecule has 3 N–H and O–H groups in total. The Bertz CT molecular complexity index is 1110. The van der Waals surface area contributed by atoms with Gasteiger partial charge in [-0.2, -0.15) is 0 Å². The highest BCUT2D eigenvalue weighted by atomic mass is 35.5. The van der Waals surface area contributed by atoms with Gasteiger partial charge in [0.1, 0.15) is 11.4 Å². The van der Waals surface area contributed by atoms with Gasteiger partial charge in [-0.25, -0.2) is 0 Å². The van der Waals surface area contributed by atoms with Crippen LogP contribution in [0.4, 0.5) is 0 Å². The minimum Gasteiger partial charge on any atom is -0.490 e. The molecule has 3 aromatic rings. The molecule has 1 aromatic heterocycles. The molecule has 2 unspecified atom stereocenters. The fourth-order valence-corrected chi connectivity index (χ4v) is 3.86. The molecule has 7 heteroatoms. The summed E-state index contributed by atoms with van der Waals surface area (Å²) in [5, 5.41) is 4.67. The SMILES string of the molecule is CC1CC(NC(=O)c2cc3ccc(Cl)cc3n2C)c2ccc(C(N)=O)cc2O1. The van der Waals surface area contributed by atoms with Gasteiger partial charge in [0.2, 0.25) is 5.91 Å². The summed E-state index contributed by atoms with van der Waals surface area (Å²) in [5.74, 6) is -0.123. The third-order valence-electron chi connectivity index (χ3n) is 5.11. The van der Waals surface area contributed by atoms with Crippen LogP contribution in [0.2, 0.25) is 5.02 Å². The third-order valence-corrected chi connectivity index (χ3v) is 5.35. The Morgan fingerprint density at radius 3 is 2.75 bits per heavy atom. The lowest BCUT2D eigenvalue weighted by Gasteiger charge is -2.31. The number of rotatable bonds is 3. The Morgan fingerprint density at radius 2 is 2.00 bits per heavy atom. The van der Waals surface area contributed by atoms with Crippen molar-refractivity contribution < 1.29 is 14.3 Å². The average molecular weight is 398 g/mol. The number of hydrogen-bond acceptors (Lipinski definition) is 3. The normalized spacial score (nSPS) is 18.4. The van der Waals surface area contributed by atoms with Crippen LogP contribution in [-0.2, 0) is 7.05 Å². The van der Waals surface area contributed by atoms with Crippen LogP contribution >= 0.6 is 11.6 Å². The maximum absolute atomic E-state index is 13.0. The van der Waals surface area contributed by atoms with Crippen molar-refractivity contribution in [2.75, 3.05) is 0 Å². The third kappa shape index (κ3) is 3.20. The summed E-state index contributed by atoms with van der Waals surface area (Å²) in [7, 11) is 1.84. The van der Waals surface area contributed by atoms with E-state index in [0.29, 0.717) is 28.5 Å². The smallest absolute Gasteiger partial charge is 0.268 e. The highest BCUT2D eigenvalue weighted by Gasteiger charge is 2.29. The number of nitrogens with one attached hydrogen (secondary N) is 1. The highest BCUT2D eigenvalue weighted by Crippen LogP contribution is 2.36. The number of aryl methyl sites for hydroxylation is 1. The number of amides is 2. The van der Waals surface area contributed by atoms with Crippen molar-refractivity contribution in [2.24, 2.45) is 12.8 Å². The maximum atomic E-state index is 13.0. The quantitative estimate of drug-likeness (QED) is 0.708. The van der Waals surface area contributed by atoms with E-state index in [0.717, 1.165) is 16.5 Å². The summed E-state index contributed by atoms with van der Waals surface area (Å²) in [6.07, 6.45) is 0.525. The number of aromatic nitrogens is 1. The first kappa shape index (κ1) is 18.4. The number of carbonyl (C=O) groups is 2. The topological polar surface area (TPSA) is 86.4 Å². The summed E-state index contributed by atoms with van der Waals surface area (Å²) in [5.41, 5.74) is 8.01. The first-order valence-corrected chi connectivity index (χ1v) is 9.37. The standard InChI is InChI=1S/C21H20ClN3O3/c1-11-7-16(15-6-4-13(20(23)26)9-19(15)28-11)24-21(27)18-8-12-3-5-14(22)10-17(12)25(18)2/h3-6,8-11,16H,7H2,1-2H3,(H2,23,26)(H,24,27). The lowest BCUT2D eigenvalue weighted by Crippen LogP contribution is -2.36. The van der Waals surface area contributed by atoms with Gasteiger partial charge in [-0.3, -0.25) is 9.59 Å². The molecule has 28 heavy (non-hydrogen) atoms. The Balaban J connectivity index is 1.65. The van der Waals surface area contributed by atoms with Crippen molar-refractivity contribution in [1.29, 1.82) is 0 Å². The molecular weight excluding hydrogens is 378 g/mol.